The van der Waals surface area contributed by atoms with Crippen LogP contribution in [0.3, 0.4) is 0 Å². The molecule has 0 saturated heterocycles. The molecule has 2 aromatic rings. The highest BCUT2D eigenvalue weighted by Gasteiger charge is 2.18. The number of benzene rings is 2. The third-order valence-corrected chi connectivity index (χ3v) is 3.92. The van der Waals surface area contributed by atoms with Crippen LogP contribution in [0.4, 0.5) is 17.1 Å². The highest BCUT2D eigenvalue weighted by Crippen LogP contribution is 2.45. The van der Waals surface area contributed by atoms with Gasteiger partial charge in [-0.05, 0) is 30.7 Å². The Morgan fingerprint density at radius 3 is 2.50 bits per heavy atom. The van der Waals surface area contributed by atoms with Gasteiger partial charge in [0, 0.05) is 21.9 Å². The van der Waals surface area contributed by atoms with Gasteiger partial charge in [0.05, 0.1) is 16.3 Å². The average molecular weight is 258 g/mol. The summed E-state index contributed by atoms with van der Waals surface area (Å²) in [6, 6.07) is 11.0. The number of nitro groups is 1. The van der Waals surface area contributed by atoms with Crippen molar-refractivity contribution in [2.75, 3.05) is 5.32 Å². The van der Waals surface area contributed by atoms with Gasteiger partial charge in [-0.2, -0.15) is 0 Å². The summed E-state index contributed by atoms with van der Waals surface area (Å²) in [5.41, 5.74) is 3.27. The molecule has 0 radical (unpaired) electrons. The van der Waals surface area contributed by atoms with Gasteiger partial charge in [0.25, 0.3) is 5.69 Å². The van der Waals surface area contributed by atoms with Crippen molar-refractivity contribution in [1.82, 2.24) is 0 Å². The first-order chi connectivity index (χ1) is 8.63. The summed E-state index contributed by atoms with van der Waals surface area (Å²) in [5, 5.41) is 14.1. The quantitative estimate of drug-likeness (QED) is 0.527. The van der Waals surface area contributed by atoms with Gasteiger partial charge in [0.15, 0.2) is 0 Å². The van der Waals surface area contributed by atoms with Crippen molar-refractivity contribution in [2.24, 2.45) is 0 Å². The number of nitro benzene ring substituents is 1. The lowest BCUT2D eigenvalue weighted by Gasteiger charge is -2.20. The van der Waals surface area contributed by atoms with E-state index < -0.39 is 0 Å². The van der Waals surface area contributed by atoms with Gasteiger partial charge < -0.3 is 5.32 Å². The Labute approximate surface area is 108 Å². The van der Waals surface area contributed by atoms with E-state index in [1.54, 1.807) is 23.9 Å². The molecule has 2 aromatic carbocycles. The van der Waals surface area contributed by atoms with Crippen LogP contribution in [0.15, 0.2) is 46.2 Å². The van der Waals surface area contributed by atoms with Crippen LogP contribution in [0.1, 0.15) is 5.56 Å². The molecule has 0 aromatic heterocycles. The molecule has 1 heterocycles. The molecule has 0 saturated carbocycles. The second-order valence-electron chi connectivity index (χ2n) is 4.16. The third-order valence-electron chi connectivity index (χ3n) is 2.80. The van der Waals surface area contributed by atoms with Crippen molar-refractivity contribution >= 4 is 28.8 Å². The van der Waals surface area contributed by atoms with Crippen LogP contribution < -0.4 is 5.32 Å². The lowest BCUT2D eigenvalue weighted by molar-refractivity contribution is -0.385. The maximum Gasteiger partial charge on any atom is 0.270 e. The lowest BCUT2D eigenvalue weighted by atomic mass is 10.2. The molecule has 5 heteroatoms. The number of aryl methyl sites for hydroxylation is 1. The third kappa shape index (κ3) is 1.82. The van der Waals surface area contributed by atoms with Gasteiger partial charge in [-0.1, -0.05) is 17.8 Å². The standard InChI is InChI=1S/C13H10N2O2S/c1-8-2-4-10-12(6-8)18-13-7-9(15(16)17)3-5-11(13)14-10/h2-7,14H,1H3. The zero-order chi connectivity index (χ0) is 12.7. The zero-order valence-corrected chi connectivity index (χ0v) is 10.5. The van der Waals surface area contributed by atoms with Crippen molar-refractivity contribution in [3.63, 3.8) is 0 Å². The number of nitrogens with one attached hydrogen (secondary N) is 1. The molecule has 4 nitrogen and oxygen atoms in total. The van der Waals surface area contributed by atoms with Crippen LogP contribution in [-0.2, 0) is 0 Å². The molecule has 0 amide bonds. The van der Waals surface area contributed by atoms with Gasteiger partial charge in [-0.25, -0.2) is 0 Å². The maximum atomic E-state index is 10.8. The molecule has 0 unspecified atom stereocenters. The summed E-state index contributed by atoms with van der Waals surface area (Å²) in [7, 11) is 0. The van der Waals surface area contributed by atoms with Crippen LogP contribution in [0.5, 0.6) is 0 Å². The Morgan fingerprint density at radius 1 is 1.11 bits per heavy atom. The Balaban J connectivity index is 2.05. The molecule has 0 bridgehead atoms. The minimum atomic E-state index is -0.368. The number of nitrogens with zero attached hydrogens (tertiary/aromatic N) is 1. The topological polar surface area (TPSA) is 55.2 Å². The molecule has 0 atom stereocenters. The summed E-state index contributed by atoms with van der Waals surface area (Å²) >= 11 is 1.56. The van der Waals surface area contributed by atoms with Crippen molar-refractivity contribution in [3.8, 4) is 0 Å². The number of rotatable bonds is 1. The fraction of sp³-hybridized carbons (Fsp3) is 0.0769. The Morgan fingerprint density at radius 2 is 1.78 bits per heavy atom. The first kappa shape index (κ1) is 11.1. The van der Waals surface area contributed by atoms with Gasteiger partial charge in [0.1, 0.15) is 0 Å². The van der Waals surface area contributed by atoms with Gasteiger partial charge in [-0.3, -0.25) is 10.1 Å². The number of hydrogen-bond donors (Lipinski definition) is 1. The first-order valence-corrected chi connectivity index (χ1v) is 6.29. The summed E-state index contributed by atoms with van der Waals surface area (Å²) in [6.07, 6.45) is 0. The predicted octanol–water partition coefficient (Wildman–Crippen LogP) is 4.11. The zero-order valence-electron chi connectivity index (χ0n) is 9.64. The van der Waals surface area contributed by atoms with Crippen molar-refractivity contribution < 1.29 is 4.92 Å². The van der Waals surface area contributed by atoms with E-state index >= 15 is 0 Å². The molecule has 18 heavy (non-hydrogen) atoms. The Hall–Kier alpha value is -2.01. The van der Waals surface area contributed by atoms with Crippen LogP contribution in [0.25, 0.3) is 0 Å². The van der Waals surface area contributed by atoms with Gasteiger partial charge in [-0.15, -0.1) is 0 Å². The van der Waals surface area contributed by atoms with E-state index in [4.69, 9.17) is 0 Å². The largest absolute Gasteiger partial charge is 0.354 e. The van der Waals surface area contributed by atoms with Gasteiger partial charge >= 0.3 is 0 Å². The smallest absolute Gasteiger partial charge is 0.270 e. The van der Waals surface area contributed by atoms with E-state index in [0.717, 1.165) is 21.2 Å². The van der Waals surface area contributed by atoms with Crippen molar-refractivity contribution in [1.29, 1.82) is 0 Å². The molecule has 0 aliphatic carbocycles. The van der Waals surface area contributed by atoms with Crippen molar-refractivity contribution in [3.05, 3.63) is 52.1 Å². The monoisotopic (exact) mass is 258 g/mol. The number of anilines is 2. The maximum absolute atomic E-state index is 10.8. The van der Waals surface area contributed by atoms with Crippen molar-refractivity contribution in [2.45, 2.75) is 16.7 Å². The van der Waals surface area contributed by atoms with Crippen LogP contribution in [0, 0.1) is 17.0 Å². The summed E-state index contributed by atoms with van der Waals surface area (Å²) < 4.78 is 0. The second kappa shape index (κ2) is 4.03. The first-order valence-electron chi connectivity index (χ1n) is 5.47. The summed E-state index contributed by atoms with van der Waals surface area (Å²) in [5.74, 6) is 0. The summed E-state index contributed by atoms with van der Waals surface area (Å²) in [6.45, 7) is 2.03. The highest BCUT2D eigenvalue weighted by atomic mass is 32.2. The minimum absolute atomic E-state index is 0.124. The van der Waals surface area contributed by atoms with E-state index in [1.165, 1.54) is 11.6 Å². The molecule has 0 spiro atoms. The molecule has 1 N–H and O–H groups in total. The molecule has 90 valence electrons. The Kier molecular flexibility index (Phi) is 2.48. The molecular formula is C13H10N2O2S. The molecule has 3 rings (SSSR count). The molecule has 1 aliphatic heterocycles. The predicted molar refractivity (Wildman–Crippen MR) is 71.7 cm³/mol. The number of non-ortho nitro benzene ring substituents is 1. The van der Waals surface area contributed by atoms with Crippen LogP contribution in [0.2, 0.25) is 0 Å². The number of hydrogen-bond acceptors (Lipinski definition) is 4. The summed E-state index contributed by atoms with van der Waals surface area (Å²) in [4.78, 5) is 12.4. The highest BCUT2D eigenvalue weighted by molar-refractivity contribution is 7.99. The average Bonchev–Trinajstić information content (AvgIpc) is 2.35. The Bertz CT molecular complexity index is 655. The molecule has 0 fully saturated rings. The van der Waals surface area contributed by atoms with Crippen LogP contribution in [-0.4, -0.2) is 4.92 Å². The fourth-order valence-electron chi connectivity index (χ4n) is 1.89. The van der Waals surface area contributed by atoms with E-state index in [-0.39, 0.29) is 10.6 Å². The minimum Gasteiger partial charge on any atom is -0.354 e. The van der Waals surface area contributed by atoms with E-state index in [2.05, 4.69) is 11.4 Å². The molecule has 1 aliphatic rings. The van der Waals surface area contributed by atoms with Crippen LogP contribution >= 0.6 is 11.8 Å². The number of fused-ring (bicyclic) bond motifs is 2. The normalized spacial score (nSPS) is 12.3. The lowest BCUT2D eigenvalue weighted by Crippen LogP contribution is -2.00. The van der Waals surface area contributed by atoms with E-state index in [0.29, 0.717) is 0 Å². The van der Waals surface area contributed by atoms with Gasteiger partial charge in [0.2, 0.25) is 0 Å². The fourth-order valence-corrected chi connectivity index (χ4v) is 3.01. The van der Waals surface area contributed by atoms with E-state index in [1.807, 2.05) is 19.1 Å². The molecular weight excluding hydrogens is 248 g/mol. The second-order valence-corrected chi connectivity index (χ2v) is 5.25. The van der Waals surface area contributed by atoms with E-state index in [9.17, 15) is 10.1 Å². The SMILES string of the molecule is Cc1ccc2c(c1)Sc1cc([N+](=O)[O-])ccc1N2.